The molecule has 5 heterocycles. The highest BCUT2D eigenvalue weighted by Gasteiger charge is 2.21. The van der Waals surface area contributed by atoms with Crippen molar-refractivity contribution in [1.29, 1.82) is 0 Å². The fraction of sp³-hybridized carbons (Fsp3) is 0.410. The smallest absolute Gasteiger partial charge is 0.202 e. The van der Waals surface area contributed by atoms with Crippen molar-refractivity contribution in [3.63, 3.8) is 0 Å². The number of rotatable bonds is 20. The van der Waals surface area contributed by atoms with Crippen molar-refractivity contribution < 1.29 is 28.8 Å². The average Bonchev–Trinajstić information content (AvgIpc) is 3.91. The Morgan fingerprint density at radius 1 is 0.528 bits per heavy atom. The molecule has 278 valence electrons. The number of carbonyl (C=O) groups is 6. The zero-order valence-electron chi connectivity index (χ0n) is 31.2. The lowest BCUT2D eigenvalue weighted by Crippen LogP contribution is -2.10. The van der Waals surface area contributed by atoms with Crippen LogP contribution in [0.2, 0.25) is 0 Å². The predicted octanol–water partition coefficient (Wildman–Crippen LogP) is 4.05. The van der Waals surface area contributed by atoms with Crippen LogP contribution in [0.1, 0.15) is 109 Å². The van der Waals surface area contributed by atoms with E-state index < -0.39 is 0 Å². The van der Waals surface area contributed by atoms with Crippen LogP contribution in [0, 0.1) is 6.92 Å². The molecular formula is C39H46N8O6. The summed E-state index contributed by atoms with van der Waals surface area (Å²) >= 11 is 0. The van der Waals surface area contributed by atoms with Crippen molar-refractivity contribution in [2.24, 2.45) is 35.2 Å². The van der Waals surface area contributed by atoms with Gasteiger partial charge in [0.25, 0.3) is 0 Å². The zero-order chi connectivity index (χ0) is 38.4. The molecule has 0 aliphatic rings. The summed E-state index contributed by atoms with van der Waals surface area (Å²) in [5.74, 6) is 0.734. The van der Waals surface area contributed by atoms with E-state index in [0.717, 1.165) is 17.1 Å². The molecule has 0 unspecified atom stereocenters. The van der Waals surface area contributed by atoms with E-state index in [1.54, 1.807) is 89.6 Å². The first-order valence-electron chi connectivity index (χ1n) is 17.6. The van der Waals surface area contributed by atoms with E-state index in [0.29, 0.717) is 41.3 Å². The van der Waals surface area contributed by atoms with Gasteiger partial charge < -0.3 is 22.8 Å². The molecule has 53 heavy (non-hydrogen) atoms. The Bertz CT molecular complexity index is 2170. The molecule has 0 fully saturated rings. The van der Waals surface area contributed by atoms with Crippen molar-refractivity contribution >= 4 is 34.7 Å². The minimum Gasteiger partial charge on any atom is -0.348 e. The summed E-state index contributed by atoms with van der Waals surface area (Å²) in [6, 6.07) is 3.41. The fourth-order valence-corrected chi connectivity index (χ4v) is 6.50. The van der Waals surface area contributed by atoms with Crippen LogP contribution in [0.15, 0.2) is 49.3 Å². The second kappa shape index (κ2) is 16.7. The lowest BCUT2D eigenvalue weighted by atomic mass is 10.1. The van der Waals surface area contributed by atoms with Crippen LogP contribution in [0.25, 0.3) is 0 Å². The van der Waals surface area contributed by atoms with Gasteiger partial charge in [-0.25, -0.2) is 15.0 Å². The number of ketones is 6. The largest absolute Gasteiger partial charge is 0.348 e. The molecule has 0 aromatic carbocycles. The van der Waals surface area contributed by atoms with E-state index in [-0.39, 0.29) is 91.9 Å². The highest BCUT2D eigenvalue weighted by molar-refractivity contribution is 5.98. The Morgan fingerprint density at radius 2 is 1.02 bits per heavy atom. The van der Waals surface area contributed by atoms with E-state index in [9.17, 15) is 28.8 Å². The van der Waals surface area contributed by atoms with Gasteiger partial charge in [-0.1, -0.05) is 0 Å². The molecule has 5 rings (SSSR count). The summed E-state index contributed by atoms with van der Waals surface area (Å²) in [5.41, 5.74) is 3.51. The zero-order valence-corrected chi connectivity index (χ0v) is 31.2. The molecule has 14 nitrogen and oxygen atoms in total. The number of aryl methyl sites for hydroxylation is 6. The minimum absolute atomic E-state index is 0.0293. The van der Waals surface area contributed by atoms with Crippen LogP contribution in [0.3, 0.4) is 0 Å². The molecule has 0 atom stereocenters. The highest BCUT2D eigenvalue weighted by atomic mass is 16.1. The van der Waals surface area contributed by atoms with Gasteiger partial charge in [-0.3, -0.25) is 28.8 Å². The molecule has 0 saturated carbocycles. The molecule has 0 amide bonds. The maximum absolute atomic E-state index is 13.2. The van der Waals surface area contributed by atoms with Gasteiger partial charge in [0.15, 0.2) is 23.2 Å². The molecule has 14 heteroatoms. The molecule has 0 N–H and O–H groups in total. The number of hydrogen-bond acceptors (Lipinski definition) is 9. The summed E-state index contributed by atoms with van der Waals surface area (Å²) in [7, 11) is 8.83. The van der Waals surface area contributed by atoms with Gasteiger partial charge in [0.05, 0.1) is 35.6 Å². The van der Waals surface area contributed by atoms with E-state index >= 15 is 0 Å². The van der Waals surface area contributed by atoms with Crippen LogP contribution in [-0.4, -0.2) is 72.5 Å². The molecule has 0 spiro atoms. The van der Waals surface area contributed by atoms with Crippen LogP contribution in [0.4, 0.5) is 0 Å². The van der Waals surface area contributed by atoms with E-state index in [1.165, 1.54) is 0 Å². The van der Waals surface area contributed by atoms with Crippen LogP contribution in [0.5, 0.6) is 0 Å². The van der Waals surface area contributed by atoms with Crippen LogP contribution < -0.4 is 0 Å². The number of Topliss-reactive ketones (excluding diaryl/α,β-unsaturated/α-hetero) is 6. The topological polar surface area (TPSA) is 166 Å². The number of nitrogens with zero attached hydrogens (tertiary/aromatic N) is 8. The molecule has 0 aliphatic heterocycles. The first-order chi connectivity index (χ1) is 25.2. The normalized spacial score (nSPS) is 11.3. The average molecular weight is 723 g/mol. The maximum Gasteiger partial charge on any atom is 0.202 e. The number of hydrogen-bond donors (Lipinski definition) is 0. The third kappa shape index (κ3) is 9.76. The highest BCUT2D eigenvalue weighted by Crippen LogP contribution is 2.17. The van der Waals surface area contributed by atoms with Gasteiger partial charge in [0.1, 0.15) is 17.4 Å². The fourth-order valence-electron chi connectivity index (χ4n) is 6.50. The summed E-state index contributed by atoms with van der Waals surface area (Å²) in [4.78, 5) is 89.8. The lowest BCUT2D eigenvalue weighted by Gasteiger charge is -2.02. The number of aromatic nitrogens is 8. The summed E-state index contributed by atoms with van der Waals surface area (Å²) < 4.78 is 8.51. The van der Waals surface area contributed by atoms with Gasteiger partial charge in [0, 0.05) is 111 Å². The van der Waals surface area contributed by atoms with Crippen LogP contribution >= 0.6 is 0 Å². The third-order valence-electron chi connectivity index (χ3n) is 9.30. The molecular weight excluding hydrogens is 676 g/mol. The Kier molecular flexibility index (Phi) is 12.1. The Hall–Kier alpha value is -5.79. The summed E-state index contributed by atoms with van der Waals surface area (Å²) in [6.45, 7) is 1.88. The van der Waals surface area contributed by atoms with E-state index in [4.69, 9.17) is 0 Å². The van der Waals surface area contributed by atoms with Crippen LogP contribution in [-0.2, 0) is 70.5 Å². The second-order valence-corrected chi connectivity index (χ2v) is 13.8. The summed E-state index contributed by atoms with van der Waals surface area (Å²) in [6.07, 6.45) is 12.3. The Labute approximate surface area is 307 Å². The SMILES string of the molecule is Cc1nc(CC(=O)CCCC(=O)c2cc(CC(=O)c3nc(CC(=O)CCCC(=O)c4cc(CC(=O)c5nccn5C)cn4C)cn3C)cn2C)cn1C. The predicted molar refractivity (Wildman–Crippen MR) is 195 cm³/mol. The molecule has 0 bridgehead atoms. The van der Waals surface area contributed by atoms with Crippen molar-refractivity contribution in [3.05, 3.63) is 101 Å². The molecule has 5 aromatic rings. The van der Waals surface area contributed by atoms with E-state index in [2.05, 4.69) is 15.0 Å². The molecule has 0 saturated heterocycles. The Balaban J connectivity index is 1.06. The first-order valence-corrected chi connectivity index (χ1v) is 17.6. The lowest BCUT2D eigenvalue weighted by molar-refractivity contribution is -0.119. The molecule has 0 aliphatic carbocycles. The third-order valence-corrected chi connectivity index (χ3v) is 9.30. The first kappa shape index (κ1) is 38.4. The van der Waals surface area contributed by atoms with Gasteiger partial charge in [-0.15, -0.1) is 0 Å². The molecule has 0 radical (unpaired) electrons. The van der Waals surface area contributed by atoms with Gasteiger partial charge in [-0.2, -0.15) is 0 Å². The van der Waals surface area contributed by atoms with Gasteiger partial charge in [0.2, 0.25) is 11.6 Å². The second-order valence-electron chi connectivity index (χ2n) is 13.8. The Morgan fingerprint density at radius 3 is 1.49 bits per heavy atom. The van der Waals surface area contributed by atoms with Crippen molar-refractivity contribution in [2.45, 2.75) is 71.1 Å². The van der Waals surface area contributed by atoms with Crippen molar-refractivity contribution in [2.75, 3.05) is 0 Å². The van der Waals surface area contributed by atoms with E-state index in [1.807, 2.05) is 24.7 Å². The minimum atomic E-state index is -0.250. The van der Waals surface area contributed by atoms with Crippen molar-refractivity contribution in [1.82, 2.24) is 37.8 Å². The number of imidazole rings is 3. The maximum atomic E-state index is 13.2. The molecule has 5 aromatic heterocycles. The van der Waals surface area contributed by atoms with Gasteiger partial charge in [-0.05, 0) is 43.0 Å². The standard InChI is InChI=1S/C39H46N8O6/c1-25-41-28(23-44(25)3)19-30(48)9-7-11-35(51)33-16-27(22-46(33)5)18-37(53)39-42-29(24-47(39)6)20-31(49)10-8-12-34(50)32-15-26(21-45(32)4)17-36(52)38-40-13-14-43(38)2/h13-16,21-24H,7-12,17-20H2,1-6H3. The van der Waals surface area contributed by atoms with Gasteiger partial charge >= 0.3 is 0 Å². The monoisotopic (exact) mass is 722 g/mol. The quantitative estimate of drug-likeness (QED) is 0.108. The number of carbonyl (C=O) groups excluding carboxylic acids is 6. The summed E-state index contributed by atoms with van der Waals surface area (Å²) in [5, 5.41) is 0. The van der Waals surface area contributed by atoms with Crippen molar-refractivity contribution in [3.8, 4) is 0 Å².